The van der Waals surface area contributed by atoms with E-state index >= 15 is 0 Å². The summed E-state index contributed by atoms with van der Waals surface area (Å²) in [6, 6.07) is 0. The summed E-state index contributed by atoms with van der Waals surface area (Å²) in [7, 11) is -3.92. The molecule has 22 heavy (non-hydrogen) atoms. The second kappa shape index (κ2) is 13.3. The highest BCUT2D eigenvalue weighted by atomic mass is 32.2. The molecule has 0 bridgehead atoms. The SMILES string of the molecule is CCCCCCC[NH+]1CCCC(CCCC)C1.CS(=O)(=O)[O-]. The van der Waals surface area contributed by atoms with E-state index in [1.165, 1.54) is 83.8 Å². The molecule has 1 aliphatic heterocycles. The first-order valence-corrected chi connectivity index (χ1v) is 10.9. The zero-order valence-electron chi connectivity index (χ0n) is 14.9. The first-order chi connectivity index (χ1) is 10.4. The Kier molecular flexibility index (Phi) is 13.2. The highest BCUT2D eigenvalue weighted by Gasteiger charge is 2.21. The van der Waals surface area contributed by atoms with Crippen LogP contribution in [0.5, 0.6) is 0 Å². The second-order valence-electron chi connectivity index (χ2n) is 6.72. The first kappa shape index (κ1) is 21.9. The molecule has 1 saturated heterocycles. The molecule has 1 fully saturated rings. The highest BCUT2D eigenvalue weighted by molar-refractivity contribution is 7.84. The van der Waals surface area contributed by atoms with Crippen molar-refractivity contribution in [2.75, 3.05) is 25.9 Å². The van der Waals surface area contributed by atoms with Crippen LogP contribution in [0.4, 0.5) is 0 Å². The van der Waals surface area contributed by atoms with Crippen LogP contribution >= 0.6 is 0 Å². The molecule has 4 nitrogen and oxygen atoms in total. The standard InChI is InChI=1S/C16H33N.CH4O3S/c1-3-5-7-8-9-13-17-14-10-12-16(15-17)11-6-4-2;1-5(2,3)4/h16H,3-15H2,1-2H3;1H3,(H,2,3,4). The fourth-order valence-electron chi connectivity index (χ4n) is 3.20. The van der Waals surface area contributed by atoms with Crippen molar-refractivity contribution in [2.45, 2.75) is 78.1 Å². The van der Waals surface area contributed by atoms with Gasteiger partial charge < -0.3 is 9.45 Å². The molecule has 2 unspecified atom stereocenters. The van der Waals surface area contributed by atoms with Crippen LogP contribution in [0.15, 0.2) is 0 Å². The Hall–Kier alpha value is -0.130. The normalized spacial score (nSPS) is 22.0. The molecule has 0 radical (unpaired) electrons. The molecule has 0 aromatic carbocycles. The zero-order chi connectivity index (χ0) is 16.8. The van der Waals surface area contributed by atoms with Gasteiger partial charge in [0.2, 0.25) is 0 Å². The molecule has 0 spiro atoms. The van der Waals surface area contributed by atoms with Crippen LogP contribution in [0.25, 0.3) is 0 Å². The molecule has 1 aliphatic rings. The van der Waals surface area contributed by atoms with E-state index in [0.29, 0.717) is 6.26 Å². The molecule has 1 rings (SSSR count). The van der Waals surface area contributed by atoms with Crippen molar-refractivity contribution in [3.05, 3.63) is 0 Å². The summed E-state index contributed by atoms with van der Waals surface area (Å²) in [5.41, 5.74) is 0. The number of quaternary nitrogens is 1. The molecule has 0 amide bonds. The Bertz CT molecular complexity index is 336. The minimum Gasteiger partial charge on any atom is -0.748 e. The van der Waals surface area contributed by atoms with Crippen molar-refractivity contribution in [1.29, 1.82) is 0 Å². The number of hydrogen-bond acceptors (Lipinski definition) is 3. The minimum absolute atomic E-state index is 0.604. The summed E-state index contributed by atoms with van der Waals surface area (Å²) < 4.78 is 27.2. The molecule has 2 atom stereocenters. The Labute approximate surface area is 138 Å². The molecule has 1 N–H and O–H groups in total. The van der Waals surface area contributed by atoms with Gasteiger partial charge in [0.15, 0.2) is 0 Å². The topological polar surface area (TPSA) is 61.6 Å². The van der Waals surface area contributed by atoms with Crippen LogP contribution in [0, 0.1) is 5.92 Å². The van der Waals surface area contributed by atoms with E-state index in [4.69, 9.17) is 13.0 Å². The lowest BCUT2D eigenvalue weighted by atomic mass is 9.93. The van der Waals surface area contributed by atoms with Crippen molar-refractivity contribution in [3.8, 4) is 0 Å². The molecule has 0 saturated carbocycles. The van der Waals surface area contributed by atoms with Gasteiger partial charge in [-0.25, -0.2) is 8.42 Å². The van der Waals surface area contributed by atoms with Gasteiger partial charge in [-0.1, -0.05) is 46.0 Å². The van der Waals surface area contributed by atoms with Crippen LogP contribution in [0.2, 0.25) is 0 Å². The van der Waals surface area contributed by atoms with Gasteiger partial charge in [-0.2, -0.15) is 0 Å². The Morgan fingerprint density at radius 1 is 1.05 bits per heavy atom. The number of unbranched alkanes of at least 4 members (excludes halogenated alkanes) is 5. The van der Waals surface area contributed by atoms with Crippen LogP contribution < -0.4 is 4.90 Å². The van der Waals surface area contributed by atoms with Gasteiger partial charge >= 0.3 is 0 Å². The Balaban J connectivity index is 0.000000763. The third-order valence-corrected chi connectivity index (χ3v) is 4.32. The summed E-state index contributed by atoms with van der Waals surface area (Å²) in [6.07, 6.45) is 15.1. The van der Waals surface area contributed by atoms with Gasteiger partial charge in [-0.05, 0) is 32.1 Å². The van der Waals surface area contributed by atoms with Gasteiger partial charge in [0.05, 0.1) is 29.8 Å². The van der Waals surface area contributed by atoms with Gasteiger partial charge in [0.25, 0.3) is 0 Å². The van der Waals surface area contributed by atoms with Crippen molar-refractivity contribution < 1.29 is 17.9 Å². The van der Waals surface area contributed by atoms with Crippen LogP contribution in [-0.4, -0.2) is 38.9 Å². The number of piperidine rings is 1. The molecular formula is C17H37NO3S. The molecule has 5 heteroatoms. The van der Waals surface area contributed by atoms with Crippen LogP contribution in [0.1, 0.15) is 78.1 Å². The van der Waals surface area contributed by atoms with Crippen molar-refractivity contribution in [3.63, 3.8) is 0 Å². The number of nitrogens with one attached hydrogen (secondary N) is 1. The maximum Gasteiger partial charge on any atom is 0.0916 e. The summed E-state index contributed by atoms with van der Waals surface area (Å²) in [5, 5.41) is 0. The van der Waals surface area contributed by atoms with E-state index in [1.54, 1.807) is 0 Å². The van der Waals surface area contributed by atoms with Crippen molar-refractivity contribution in [2.24, 2.45) is 5.92 Å². The first-order valence-electron chi connectivity index (χ1n) is 9.11. The number of hydrogen-bond donors (Lipinski definition) is 1. The van der Waals surface area contributed by atoms with Crippen molar-refractivity contribution >= 4 is 10.1 Å². The second-order valence-corrected chi connectivity index (χ2v) is 8.13. The van der Waals surface area contributed by atoms with Gasteiger partial charge in [-0.15, -0.1) is 0 Å². The quantitative estimate of drug-likeness (QED) is 0.520. The fourth-order valence-corrected chi connectivity index (χ4v) is 3.20. The molecule has 0 aromatic heterocycles. The lowest BCUT2D eigenvalue weighted by Gasteiger charge is -2.30. The summed E-state index contributed by atoms with van der Waals surface area (Å²) in [4.78, 5) is 1.91. The third kappa shape index (κ3) is 16.2. The lowest BCUT2D eigenvalue weighted by Crippen LogP contribution is -3.13. The van der Waals surface area contributed by atoms with E-state index in [0.717, 1.165) is 5.92 Å². The fraction of sp³-hybridized carbons (Fsp3) is 1.00. The summed E-state index contributed by atoms with van der Waals surface area (Å²) in [6.45, 7) is 9.01. The van der Waals surface area contributed by atoms with Gasteiger partial charge in [0, 0.05) is 12.2 Å². The Morgan fingerprint density at radius 3 is 2.23 bits per heavy atom. The molecular weight excluding hydrogens is 298 g/mol. The lowest BCUT2D eigenvalue weighted by molar-refractivity contribution is -0.909. The van der Waals surface area contributed by atoms with Crippen molar-refractivity contribution in [1.82, 2.24) is 0 Å². The van der Waals surface area contributed by atoms with Gasteiger partial charge in [-0.3, -0.25) is 0 Å². The predicted octanol–water partition coefficient (Wildman–Crippen LogP) is 2.60. The molecule has 0 aliphatic carbocycles. The zero-order valence-corrected chi connectivity index (χ0v) is 15.7. The average Bonchev–Trinajstić information content (AvgIpc) is 2.44. The monoisotopic (exact) mass is 335 g/mol. The largest absolute Gasteiger partial charge is 0.748 e. The molecule has 0 aromatic rings. The number of likely N-dealkylation sites (tertiary alicyclic amines) is 1. The number of rotatable bonds is 9. The summed E-state index contributed by atoms with van der Waals surface area (Å²) in [5.74, 6) is 1.05. The van der Waals surface area contributed by atoms with Gasteiger partial charge in [0.1, 0.15) is 0 Å². The Morgan fingerprint density at radius 2 is 1.64 bits per heavy atom. The average molecular weight is 336 g/mol. The predicted molar refractivity (Wildman–Crippen MR) is 92.2 cm³/mol. The molecule has 134 valence electrons. The third-order valence-electron chi connectivity index (χ3n) is 4.32. The smallest absolute Gasteiger partial charge is 0.0916 e. The van der Waals surface area contributed by atoms with Crippen LogP contribution in [0.3, 0.4) is 0 Å². The van der Waals surface area contributed by atoms with E-state index < -0.39 is 10.1 Å². The molecule has 1 heterocycles. The minimum atomic E-state index is -3.92. The maximum absolute atomic E-state index is 9.08. The maximum atomic E-state index is 9.08. The van der Waals surface area contributed by atoms with E-state index in [-0.39, 0.29) is 0 Å². The van der Waals surface area contributed by atoms with E-state index in [9.17, 15) is 0 Å². The summed E-state index contributed by atoms with van der Waals surface area (Å²) >= 11 is 0. The van der Waals surface area contributed by atoms with E-state index in [1.807, 2.05) is 4.90 Å². The van der Waals surface area contributed by atoms with Crippen LogP contribution in [-0.2, 0) is 10.1 Å². The van der Waals surface area contributed by atoms with E-state index in [2.05, 4.69) is 13.8 Å². The highest BCUT2D eigenvalue weighted by Crippen LogP contribution is 2.15.